The summed E-state index contributed by atoms with van der Waals surface area (Å²) in [5.41, 5.74) is 6.83. The second-order valence-electron chi connectivity index (χ2n) is 6.31. The van der Waals surface area contributed by atoms with Gasteiger partial charge in [0.05, 0.1) is 0 Å². The number of nitrogens with one attached hydrogen (secondary N) is 2. The van der Waals surface area contributed by atoms with E-state index in [2.05, 4.69) is 10.6 Å². The van der Waals surface area contributed by atoms with Crippen LogP contribution in [0.25, 0.3) is 0 Å². The van der Waals surface area contributed by atoms with E-state index in [1.807, 2.05) is 30.3 Å². The molecule has 4 N–H and O–H groups in total. The van der Waals surface area contributed by atoms with E-state index in [1.54, 1.807) is 18.2 Å². The number of amides is 3. The molecule has 28 heavy (non-hydrogen) atoms. The van der Waals surface area contributed by atoms with Gasteiger partial charge < -0.3 is 16.4 Å². The predicted molar refractivity (Wildman–Crippen MR) is 109 cm³/mol. The van der Waals surface area contributed by atoms with Gasteiger partial charge in [-0.25, -0.2) is 0 Å². The molecule has 0 fully saturated rings. The highest BCUT2D eigenvalue weighted by atomic mass is 35.5. The molecule has 8 heteroatoms. The summed E-state index contributed by atoms with van der Waals surface area (Å²) in [4.78, 5) is 36.2. The second-order valence-corrected chi connectivity index (χ2v) is 7.13. The Morgan fingerprint density at radius 3 is 2.04 bits per heavy atom. The van der Waals surface area contributed by atoms with E-state index in [1.165, 1.54) is 6.92 Å². The summed E-state index contributed by atoms with van der Waals surface area (Å²) in [6.45, 7) is 1.32. The molecule has 2 atom stereocenters. The highest BCUT2D eigenvalue weighted by Gasteiger charge is 2.26. The largest absolute Gasteiger partial charge is 0.368 e. The van der Waals surface area contributed by atoms with Gasteiger partial charge in [-0.3, -0.25) is 14.4 Å². The summed E-state index contributed by atoms with van der Waals surface area (Å²) in [5, 5.41) is 5.95. The molecular weight excluding hydrogens is 401 g/mol. The Morgan fingerprint density at radius 1 is 0.893 bits per heavy atom. The molecule has 0 heterocycles. The molecule has 2 rings (SSSR count). The van der Waals surface area contributed by atoms with Crippen LogP contribution < -0.4 is 16.4 Å². The van der Waals surface area contributed by atoms with Crippen LogP contribution in [-0.4, -0.2) is 29.8 Å². The van der Waals surface area contributed by atoms with Gasteiger partial charge in [0, 0.05) is 29.8 Å². The molecule has 0 spiro atoms. The number of hydrogen-bond acceptors (Lipinski definition) is 3. The predicted octanol–water partition coefficient (Wildman–Crippen LogP) is 2.25. The SMILES string of the molecule is CC(=O)N[C@H](Cc1ccccc1)C(=O)N[C@@H](Cc1c(Cl)cccc1Cl)C(N)=O. The lowest BCUT2D eigenvalue weighted by Gasteiger charge is -2.22. The molecule has 0 radical (unpaired) electrons. The van der Waals surface area contributed by atoms with Crippen LogP contribution >= 0.6 is 23.2 Å². The first-order valence-corrected chi connectivity index (χ1v) is 9.37. The van der Waals surface area contributed by atoms with E-state index in [-0.39, 0.29) is 18.7 Å². The minimum Gasteiger partial charge on any atom is -0.368 e. The fraction of sp³-hybridized carbons (Fsp3) is 0.250. The number of benzene rings is 2. The maximum Gasteiger partial charge on any atom is 0.243 e. The molecule has 0 unspecified atom stereocenters. The van der Waals surface area contributed by atoms with Crippen LogP contribution in [0.1, 0.15) is 18.1 Å². The van der Waals surface area contributed by atoms with Crippen LogP contribution in [0.4, 0.5) is 0 Å². The molecule has 6 nitrogen and oxygen atoms in total. The Kier molecular flexibility index (Phi) is 7.84. The molecule has 0 bridgehead atoms. The van der Waals surface area contributed by atoms with E-state index in [0.717, 1.165) is 5.56 Å². The number of primary amides is 1. The van der Waals surface area contributed by atoms with Gasteiger partial charge in [0.25, 0.3) is 0 Å². The van der Waals surface area contributed by atoms with E-state index in [0.29, 0.717) is 15.6 Å². The second kappa shape index (κ2) is 10.1. The summed E-state index contributed by atoms with van der Waals surface area (Å²) in [6.07, 6.45) is 0.308. The van der Waals surface area contributed by atoms with Gasteiger partial charge >= 0.3 is 0 Å². The molecule has 0 saturated carbocycles. The Balaban J connectivity index is 2.17. The lowest BCUT2D eigenvalue weighted by atomic mass is 10.0. The van der Waals surface area contributed by atoms with Crippen molar-refractivity contribution in [2.24, 2.45) is 5.73 Å². The Morgan fingerprint density at radius 2 is 1.50 bits per heavy atom. The first kappa shape index (κ1) is 21.7. The van der Waals surface area contributed by atoms with Crippen molar-refractivity contribution in [3.8, 4) is 0 Å². The summed E-state index contributed by atoms with van der Waals surface area (Å²) in [6, 6.07) is 12.3. The summed E-state index contributed by atoms with van der Waals surface area (Å²) < 4.78 is 0. The van der Waals surface area contributed by atoms with Crippen molar-refractivity contribution < 1.29 is 14.4 Å². The van der Waals surface area contributed by atoms with E-state index < -0.39 is 23.9 Å². The highest BCUT2D eigenvalue weighted by molar-refractivity contribution is 6.36. The Labute approximate surface area is 173 Å². The van der Waals surface area contributed by atoms with E-state index >= 15 is 0 Å². The third-order valence-corrected chi connectivity index (χ3v) is 4.81. The fourth-order valence-electron chi connectivity index (χ4n) is 2.73. The average molecular weight is 422 g/mol. The van der Waals surface area contributed by atoms with Crippen LogP contribution in [0.15, 0.2) is 48.5 Å². The number of hydrogen-bond donors (Lipinski definition) is 3. The zero-order valence-corrected chi connectivity index (χ0v) is 16.8. The van der Waals surface area contributed by atoms with Crippen LogP contribution in [0.2, 0.25) is 10.0 Å². The minimum absolute atomic E-state index is 0.0394. The van der Waals surface area contributed by atoms with Crippen molar-refractivity contribution in [3.05, 3.63) is 69.7 Å². The number of nitrogens with two attached hydrogens (primary N) is 1. The average Bonchev–Trinajstić information content (AvgIpc) is 2.63. The zero-order valence-electron chi connectivity index (χ0n) is 15.2. The van der Waals surface area contributed by atoms with Crippen molar-refractivity contribution >= 4 is 40.9 Å². The fourth-order valence-corrected chi connectivity index (χ4v) is 3.28. The summed E-state index contributed by atoms with van der Waals surface area (Å²) in [7, 11) is 0. The first-order valence-electron chi connectivity index (χ1n) is 8.61. The molecule has 148 valence electrons. The Hall–Kier alpha value is -2.57. The zero-order chi connectivity index (χ0) is 20.7. The van der Waals surface area contributed by atoms with E-state index in [9.17, 15) is 14.4 Å². The molecule has 0 aliphatic heterocycles. The van der Waals surface area contributed by atoms with Gasteiger partial charge in [0.15, 0.2) is 0 Å². The molecular formula is C20H21Cl2N3O3. The Bertz CT molecular complexity index is 839. The lowest BCUT2D eigenvalue weighted by Crippen LogP contribution is -2.54. The maximum absolute atomic E-state index is 12.8. The number of carbonyl (C=O) groups excluding carboxylic acids is 3. The normalized spacial score (nSPS) is 12.7. The number of carbonyl (C=O) groups is 3. The topological polar surface area (TPSA) is 101 Å². The molecule has 3 amide bonds. The molecule has 2 aromatic carbocycles. The number of halogens is 2. The van der Waals surface area contributed by atoms with Crippen LogP contribution in [0.5, 0.6) is 0 Å². The molecule has 0 aromatic heterocycles. The third kappa shape index (κ3) is 6.25. The van der Waals surface area contributed by atoms with E-state index in [4.69, 9.17) is 28.9 Å². The molecule has 0 aliphatic rings. The van der Waals surface area contributed by atoms with Crippen LogP contribution in [0.3, 0.4) is 0 Å². The van der Waals surface area contributed by atoms with Gasteiger partial charge in [-0.05, 0) is 23.3 Å². The standard InChI is InChI=1S/C20H21Cl2N3O3/c1-12(26)24-18(10-13-6-3-2-4-7-13)20(28)25-17(19(23)27)11-14-15(21)8-5-9-16(14)22/h2-9,17-18H,10-11H2,1H3,(H2,23,27)(H,24,26)(H,25,28)/t17-,18+/m0/s1. The van der Waals surface area contributed by atoms with Gasteiger partial charge in [-0.15, -0.1) is 0 Å². The highest BCUT2D eigenvalue weighted by Crippen LogP contribution is 2.25. The van der Waals surface area contributed by atoms with Gasteiger partial charge in [-0.2, -0.15) is 0 Å². The van der Waals surface area contributed by atoms with Crippen molar-refractivity contribution in [1.29, 1.82) is 0 Å². The third-order valence-electron chi connectivity index (χ3n) is 4.11. The first-order chi connectivity index (χ1) is 13.3. The lowest BCUT2D eigenvalue weighted by molar-refractivity contribution is -0.130. The molecule has 0 aliphatic carbocycles. The number of rotatable bonds is 8. The van der Waals surface area contributed by atoms with Crippen molar-refractivity contribution in [3.63, 3.8) is 0 Å². The van der Waals surface area contributed by atoms with Crippen molar-refractivity contribution in [1.82, 2.24) is 10.6 Å². The van der Waals surface area contributed by atoms with Crippen molar-refractivity contribution in [2.45, 2.75) is 31.8 Å². The van der Waals surface area contributed by atoms with Crippen LogP contribution in [-0.2, 0) is 27.2 Å². The minimum atomic E-state index is -1.03. The summed E-state index contributed by atoms with van der Waals surface area (Å²) in [5.74, 6) is -1.61. The molecule has 2 aromatic rings. The van der Waals surface area contributed by atoms with Crippen LogP contribution in [0, 0.1) is 0 Å². The summed E-state index contributed by atoms with van der Waals surface area (Å²) >= 11 is 12.3. The monoisotopic (exact) mass is 421 g/mol. The van der Waals surface area contributed by atoms with Gasteiger partial charge in [0.2, 0.25) is 17.7 Å². The van der Waals surface area contributed by atoms with Gasteiger partial charge in [-0.1, -0.05) is 59.6 Å². The van der Waals surface area contributed by atoms with Gasteiger partial charge in [0.1, 0.15) is 12.1 Å². The molecule has 0 saturated heterocycles. The maximum atomic E-state index is 12.8. The smallest absolute Gasteiger partial charge is 0.243 e. The quantitative estimate of drug-likeness (QED) is 0.608. The van der Waals surface area contributed by atoms with Crippen molar-refractivity contribution in [2.75, 3.05) is 0 Å².